The first-order valence-corrected chi connectivity index (χ1v) is 9.48. The maximum absolute atomic E-state index is 12.4. The first kappa shape index (κ1) is 16.7. The van der Waals surface area contributed by atoms with Gasteiger partial charge in [-0.2, -0.15) is 0 Å². The van der Waals surface area contributed by atoms with Crippen LogP contribution in [0, 0.1) is 0 Å². The molecule has 7 nitrogen and oxygen atoms in total. The summed E-state index contributed by atoms with van der Waals surface area (Å²) in [6.45, 7) is 1.71. The second kappa shape index (κ2) is 6.74. The lowest BCUT2D eigenvalue weighted by atomic mass is 10.2. The van der Waals surface area contributed by atoms with Gasteiger partial charge in [-0.05, 0) is 24.3 Å². The molecule has 2 aromatic rings. The number of rotatable bonds is 4. The number of hydrogen-bond donors (Lipinski definition) is 0. The van der Waals surface area contributed by atoms with Crippen LogP contribution in [0.4, 0.5) is 5.69 Å². The van der Waals surface area contributed by atoms with Crippen LogP contribution in [0.25, 0.3) is 10.9 Å². The first-order chi connectivity index (χ1) is 11.4. The highest BCUT2D eigenvalue weighted by molar-refractivity contribution is 7.92. The Labute approximate surface area is 140 Å². The van der Waals surface area contributed by atoms with E-state index in [1.807, 2.05) is 6.07 Å². The highest BCUT2D eigenvalue weighted by atomic mass is 32.2. The molecule has 1 aliphatic rings. The monoisotopic (exact) mass is 349 g/mol. The maximum atomic E-state index is 12.4. The summed E-state index contributed by atoms with van der Waals surface area (Å²) in [7, 11) is -3.59. The summed E-state index contributed by atoms with van der Waals surface area (Å²) in [4.78, 5) is 18.3. The van der Waals surface area contributed by atoms with E-state index < -0.39 is 10.0 Å². The Morgan fingerprint density at radius 1 is 1.29 bits per heavy atom. The first-order valence-electron chi connectivity index (χ1n) is 7.63. The van der Waals surface area contributed by atoms with Crippen LogP contribution in [0.1, 0.15) is 0 Å². The number of nitrogens with zero attached hydrogens (tertiary/aromatic N) is 3. The summed E-state index contributed by atoms with van der Waals surface area (Å²) >= 11 is 0. The van der Waals surface area contributed by atoms with Crippen molar-refractivity contribution in [3.8, 4) is 0 Å². The topological polar surface area (TPSA) is 79.8 Å². The minimum absolute atomic E-state index is 0.218. The Bertz CT molecular complexity index is 847. The molecule has 0 bridgehead atoms. The predicted molar refractivity (Wildman–Crippen MR) is 91.3 cm³/mol. The number of sulfonamides is 1. The van der Waals surface area contributed by atoms with Gasteiger partial charge in [0.2, 0.25) is 15.9 Å². The molecule has 0 spiro atoms. The summed E-state index contributed by atoms with van der Waals surface area (Å²) in [6.07, 6.45) is 2.78. The van der Waals surface area contributed by atoms with Gasteiger partial charge in [-0.1, -0.05) is 6.07 Å². The molecule has 0 unspecified atom stereocenters. The molecular formula is C16H19N3O4S. The molecule has 0 aliphatic carbocycles. The van der Waals surface area contributed by atoms with Gasteiger partial charge < -0.3 is 9.64 Å². The van der Waals surface area contributed by atoms with Gasteiger partial charge in [-0.25, -0.2) is 8.42 Å². The summed E-state index contributed by atoms with van der Waals surface area (Å²) in [6, 6.07) is 8.80. The fourth-order valence-corrected chi connectivity index (χ4v) is 3.50. The Morgan fingerprint density at radius 3 is 2.75 bits per heavy atom. The van der Waals surface area contributed by atoms with E-state index in [0.29, 0.717) is 32.0 Å². The molecule has 1 aliphatic heterocycles. The van der Waals surface area contributed by atoms with E-state index in [4.69, 9.17) is 4.74 Å². The third-order valence-corrected chi connectivity index (χ3v) is 5.06. The van der Waals surface area contributed by atoms with E-state index in [2.05, 4.69) is 4.98 Å². The minimum atomic E-state index is -3.59. The lowest BCUT2D eigenvalue weighted by Crippen LogP contribution is -2.47. The van der Waals surface area contributed by atoms with Crippen LogP contribution in [-0.4, -0.2) is 63.3 Å². The highest BCUT2D eigenvalue weighted by Gasteiger charge is 2.25. The summed E-state index contributed by atoms with van der Waals surface area (Å²) in [5.41, 5.74) is 1.23. The van der Waals surface area contributed by atoms with Gasteiger partial charge >= 0.3 is 0 Å². The standard InChI is InChI=1S/C16H19N3O4S/c1-24(21,22)19(12-16(20)18-7-9-23-10-8-18)14-4-5-15-13(11-14)3-2-6-17-15/h2-6,11H,7-10,12H2,1H3. The number of anilines is 1. The molecule has 0 atom stereocenters. The zero-order valence-electron chi connectivity index (χ0n) is 13.4. The summed E-state index contributed by atoms with van der Waals surface area (Å²) in [5.74, 6) is -0.227. The van der Waals surface area contributed by atoms with Crippen LogP contribution in [0.15, 0.2) is 36.5 Å². The van der Waals surface area contributed by atoms with Crippen LogP contribution in [0.5, 0.6) is 0 Å². The number of benzene rings is 1. The van der Waals surface area contributed by atoms with Gasteiger partial charge in [0.1, 0.15) is 6.54 Å². The summed E-state index contributed by atoms with van der Waals surface area (Å²) in [5, 5.41) is 0.822. The quantitative estimate of drug-likeness (QED) is 0.818. The van der Waals surface area contributed by atoms with Gasteiger partial charge in [0.15, 0.2) is 0 Å². The minimum Gasteiger partial charge on any atom is -0.378 e. The fraction of sp³-hybridized carbons (Fsp3) is 0.375. The molecule has 2 heterocycles. The molecule has 1 fully saturated rings. The molecule has 24 heavy (non-hydrogen) atoms. The fourth-order valence-electron chi connectivity index (χ4n) is 2.65. The highest BCUT2D eigenvalue weighted by Crippen LogP contribution is 2.23. The molecule has 0 saturated carbocycles. The predicted octanol–water partition coefficient (Wildman–Crippen LogP) is 0.860. The Morgan fingerprint density at radius 2 is 2.04 bits per heavy atom. The molecule has 1 amide bonds. The van der Waals surface area contributed by atoms with Crippen LogP contribution >= 0.6 is 0 Å². The molecule has 8 heteroatoms. The van der Waals surface area contributed by atoms with E-state index in [1.54, 1.807) is 35.4 Å². The Kier molecular flexibility index (Phi) is 4.68. The molecule has 1 aromatic heterocycles. The van der Waals surface area contributed by atoms with Gasteiger partial charge in [0, 0.05) is 24.7 Å². The van der Waals surface area contributed by atoms with Gasteiger partial charge in [0.05, 0.1) is 30.7 Å². The number of carbonyl (C=O) groups is 1. The van der Waals surface area contributed by atoms with Crippen LogP contribution < -0.4 is 4.31 Å². The largest absolute Gasteiger partial charge is 0.378 e. The van der Waals surface area contributed by atoms with Gasteiger partial charge in [-0.3, -0.25) is 14.1 Å². The number of morpholine rings is 1. The molecule has 0 N–H and O–H groups in total. The van der Waals surface area contributed by atoms with Crippen molar-refractivity contribution in [2.75, 3.05) is 43.4 Å². The second-order valence-electron chi connectivity index (χ2n) is 5.64. The van der Waals surface area contributed by atoms with Crippen LogP contribution in [0.3, 0.4) is 0 Å². The van der Waals surface area contributed by atoms with Crippen molar-refractivity contribution in [1.29, 1.82) is 0 Å². The third kappa shape index (κ3) is 3.65. The number of ether oxygens (including phenoxy) is 1. The van der Waals surface area contributed by atoms with Crippen molar-refractivity contribution in [3.05, 3.63) is 36.5 Å². The third-order valence-electron chi connectivity index (χ3n) is 3.92. The average Bonchev–Trinajstić information content (AvgIpc) is 2.59. The number of carbonyl (C=O) groups excluding carboxylic acids is 1. The van der Waals surface area contributed by atoms with Crippen molar-refractivity contribution >= 4 is 32.5 Å². The smallest absolute Gasteiger partial charge is 0.243 e. The van der Waals surface area contributed by atoms with E-state index >= 15 is 0 Å². The Hall–Kier alpha value is -2.19. The van der Waals surface area contributed by atoms with Crippen molar-refractivity contribution in [3.63, 3.8) is 0 Å². The molecule has 1 aromatic carbocycles. The maximum Gasteiger partial charge on any atom is 0.243 e. The number of amides is 1. The second-order valence-corrected chi connectivity index (χ2v) is 7.55. The molecule has 3 rings (SSSR count). The van der Waals surface area contributed by atoms with Crippen LogP contribution in [0.2, 0.25) is 0 Å². The van der Waals surface area contributed by atoms with Crippen molar-refractivity contribution in [2.45, 2.75) is 0 Å². The van der Waals surface area contributed by atoms with Crippen molar-refractivity contribution in [2.24, 2.45) is 0 Å². The average molecular weight is 349 g/mol. The van der Waals surface area contributed by atoms with Gasteiger partial charge in [0.25, 0.3) is 0 Å². The lowest BCUT2D eigenvalue weighted by Gasteiger charge is -2.30. The number of fused-ring (bicyclic) bond motifs is 1. The van der Waals surface area contributed by atoms with Crippen molar-refractivity contribution in [1.82, 2.24) is 9.88 Å². The number of pyridine rings is 1. The van der Waals surface area contributed by atoms with E-state index in [1.165, 1.54) is 0 Å². The molecular weight excluding hydrogens is 330 g/mol. The van der Waals surface area contributed by atoms with E-state index in [-0.39, 0.29) is 12.5 Å². The number of aromatic nitrogens is 1. The SMILES string of the molecule is CS(=O)(=O)N(CC(=O)N1CCOCC1)c1ccc2ncccc2c1. The molecule has 1 saturated heterocycles. The Balaban J connectivity index is 1.89. The van der Waals surface area contributed by atoms with Crippen molar-refractivity contribution < 1.29 is 17.9 Å². The summed E-state index contributed by atoms with van der Waals surface area (Å²) < 4.78 is 30.8. The van der Waals surface area contributed by atoms with E-state index in [9.17, 15) is 13.2 Å². The van der Waals surface area contributed by atoms with Gasteiger partial charge in [-0.15, -0.1) is 0 Å². The van der Waals surface area contributed by atoms with E-state index in [0.717, 1.165) is 21.5 Å². The van der Waals surface area contributed by atoms with Crippen LogP contribution in [-0.2, 0) is 19.6 Å². The normalized spacial score (nSPS) is 15.5. The zero-order valence-corrected chi connectivity index (χ0v) is 14.2. The number of hydrogen-bond acceptors (Lipinski definition) is 5. The zero-order chi connectivity index (χ0) is 17.2. The lowest BCUT2D eigenvalue weighted by molar-refractivity contribution is -0.133. The molecule has 128 valence electrons. The molecule has 0 radical (unpaired) electrons.